The van der Waals surface area contributed by atoms with E-state index in [9.17, 15) is 4.79 Å². The van der Waals surface area contributed by atoms with E-state index in [4.69, 9.17) is 5.73 Å². The van der Waals surface area contributed by atoms with Crippen LogP contribution in [0.2, 0.25) is 0 Å². The molecular formula is C23H36N8O. The second kappa shape index (κ2) is 10.5. The molecule has 1 aliphatic rings. The molecule has 9 heteroatoms. The summed E-state index contributed by atoms with van der Waals surface area (Å²) in [4.78, 5) is 24.9. The number of aromatic nitrogens is 3. The Balaban J connectivity index is 1.65. The summed E-state index contributed by atoms with van der Waals surface area (Å²) in [5, 5.41) is 8.08. The first-order valence-electron chi connectivity index (χ1n) is 11.2. The molecule has 32 heavy (non-hydrogen) atoms. The third-order valence-electron chi connectivity index (χ3n) is 5.97. The highest BCUT2D eigenvalue weighted by atomic mass is 16.1. The second-order valence-electron chi connectivity index (χ2n) is 8.77. The zero-order valence-corrected chi connectivity index (χ0v) is 19.9. The molecular weight excluding hydrogens is 404 g/mol. The predicted octanol–water partition coefficient (Wildman–Crippen LogP) is 1.85. The van der Waals surface area contributed by atoms with Crippen molar-refractivity contribution in [3.63, 3.8) is 0 Å². The van der Waals surface area contributed by atoms with E-state index in [-0.39, 0.29) is 11.8 Å². The van der Waals surface area contributed by atoms with Gasteiger partial charge in [0.2, 0.25) is 5.91 Å². The van der Waals surface area contributed by atoms with Gasteiger partial charge in [-0.2, -0.15) is 5.10 Å². The first-order chi connectivity index (χ1) is 15.3. The van der Waals surface area contributed by atoms with Gasteiger partial charge in [0.15, 0.2) is 5.96 Å². The largest absolute Gasteiger partial charge is 0.369 e. The maximum Gasteiger partial charge on any atom is 0.220 e. The van der Waals surface area contributed by atoms with E-state index in [1.807, 2.05) is 31.0 Å². The van der Waals surface area contributed by atoms with Crippen molar-refractivity contribution in [2.75, 3.05) is 32.1 Å². The number of anilines is 1. The highest BCUT2D eigenvalue weighted by Crippen LogP contribution is 2.24. The van der Waals surface area contributed by atoms with Crippen LogP contribution in [0.1, 0.15) is 49.4 Å². The summed E-state index contributed by atoms with van der Waals surface area (Å²) in [5.41, 5.74) is 8.90. The molecule has 1 fully saturated rings. The number of carbonyl (C=O) groups excluding carboxylic acids is 1. The number of nitrogens with one attached hydrogen (secondary N) is 1. The number of aryl methyl sites for hydroxylation is 1. The first-order valence-corrected chi connectivity index (χ1v) is 11.2. The number of amides is 1. The van der Waals surface area contributed by atoms with Crippen LogP contribution in [0, 0.1) is 5.92 Å². The number of aliphatic imine (C=N–C) groups is 1. The van der Waals surface area contributed by atoms with Gasteiger partial charge in [-0.3, -0.25) is 14.5 Å². The highest BCUT2D eigenvalue weighted by Gasteiger charge is 2.25. The molecule has 1 saturated heterocycles. The minimum atomic E-state index is -0.200. The summed E-state index contributed by atoms with van der Waals surface area (Å²) in [5.74, 6) is 1.90. The molecule has 0 saturated carbocycles. The van der Waals surface area contributed by atoms with Crippen LogP contribution in [0.15, 0.2) is 29.5 Å². The number of pyridine rings is 1. The number of piperidine rings is 1. The first kappa shape index (κ1) is 23.6. The van der Waals surface area contributed by atoms with Crippen molar-refractivity contribution in [2.45, 2.75) is 45.7 Å². The Bertz CT molecular complexity index is 943. The number of rotatable bonds is 7. The summed E-state index contributed by atoms with van der Waals surface area (Å²) in [6, 6.07) is 4.04. The summed E-state index contributed by atoms with van der Waals surface area (Å²) >= 11 is 0. The lowest BCUT2D eigenvalue weighted by Crippen LogP contribution is -2.40. The number of guanidine groups is 1. The number of nitrogens with two attached hydrogens (primary N) is 1. The molecule has 1 aliphatic heterocycles. The van der Waals surface area contributed by atoms with Crippen molar-refractivity contribution in [3.8, 4) is 0 Å². The van der Waals surface area contributed by atoms with Gasteiger partial charge in [-0.05, 0) is 24.8 Å². The van der Waals surface area contributed by atoms with Crippen LogP contribution in [-0.2, 0) is 24.9 Å². The fourth-order valence-electron chi connectivity index (χ4n) is 4.28. The Labute approximate surface area is 190 Å². The third kappa shape index (κ3) is 5.57. The Hall–Kier alpha value is -3.10. The lowest BCUT2D eigenvalue weighted by Gasteiger charge is -2.32. The number of primary amides is 1. The number of hydrogen-bond acceptors (Lipinski definition) is 5. The van der Waals surface area contributed by atoms with Crippen LogP contribution in [0.25, 0.3) is 0 Å². The van der Waals surface area contributed by atoms with Crippen LogP contribution >= 0.6 is 0 Å². The molecule has 1 amide bonds. The predicted molar refractivity (Wildman–Crippen MR) is 127 cm³/mol. The maximum atomic E-state index is 11.5. The van der Waals surface area contributed by atoms with Gasteiger partial charge in [0.1, 0.15) is 5.82 Å². The molecule has 2 aromatic heterocycles. The number of carbonyl (C=O) groups is 1. The topological polar surface area (TPSA) is 105 Å². The Morgan fingerprint density at radius 2 is 2.06 bits per heavy atom. The van der Waals surface area contributed by atoms with Crippen LogP contribution in [0.4, 0.5) is 5.82 Å². The van der Waals surface area contributed by atoms with E-state index in [1.165, 1.54) is 5.56 Å². The minimum absolute atomic E-state index is 0.0350. The van der Waals surface area contributed by atoms with E-state index in [0.717, 1.165) is 55.5 Å². The second-order valence-corrected chi connectivity index (χ2v) is 8.77. The van der Waals surface area contributed by atoms with Gasteiger partial charge < -0.3 is 20.9 Å². The Morgan fingerprint density at radius 3 is 2.69 bits per heavy atom. The van der Waals surface area contributed by atoms with E-state index in [2.05, 4.69) is 56.3 Å². The highest BCUT2D eigenvalue weighted by molar-refractivity contribution is 5.80. The minimum Gasteiger partial charge on any atom is -0.369 e. The fourth-order valence-corrected chi connectivity index (χ4v) is 4.28. The van der Waals surface area contributed by atoms with Gasteiger partial charge in [0.05, 0.1) is 5.69 Å². The number of hydrogen-bond donors (Lipinski definition) is 2. The molecule has 3 N–H and O–H groups in total. The molecule has 0 atom stereocenters. The molecule has 9 nitrogen and oxygen atoms in total. The molecule has 0 aromatic carbocycles. The average molecular weight is 441 g/mol. The summed E-state index contributed by atoms with van der Waals surface area (Å²) in [6.45, 7) is 7.22. The van der Waals surface area contributed by atoms with Gasteiger partial charge in [-0.1, -0.05) is 19.9 Å². The monoisotopic (exact) mass is 440 g/mol. The zero-order valence-electron chi connectivity index (χ0n) is 19.9. The van der Waals surface area contributed by atoms with Gasteiger partial charge >= 0.3 is 0 Å². The third-order valence-corrected chi connectivity index (χ3v) is 5.97. The Kier molecular flexibility index (Phi) is 7.71. The van der Waals surface area contributed by atoms with Gasteiger partial charge in [-0.15, -0.1) is 0 Å². The summed E-state index contributed by atoms with van der Waals surface area (Å²) in [7, 11) is 5.79. The smallest absolute Gasteiger partial charge is 0.220 e. The molecule has 3 heterocycles. The number of nitrogens with zero attached hydrogens (tertiary/aromatic N) is 6. The molecule has 3 rings (SSSR count). The van der Waals surface area contributed by atoms with Crippen molar-refractivity contribution >= 4 is 17.7 Å². The van der Waals surface area contributed by atoms with Gasteiger partial charge in [0, 0.05) is 76.8 Å². The maximum absolute atomic E-state index is 11.5. The molecule has 174 valence electrons. The van der Waals surface area contributed by atoms with Crippen molar-refractivity contribution in [1.82, 2.24) is 25.0 Å². The van der Waals surface area contributed by atoms with Crippen molar-refractivity contribution in [3.05, 3.63) is 41.3 Å². The SMILES string of the molecule is CN=C(NCc1cccnc1N1CCC(C(N)=O)CC1)N(C)Cc1cn(C)nc1C(C)C. The zero-order chi connectivity index (χ0) is 23.3. The van der Waals surface area contributed by atoms with Gasteiger partial charge in [0.25, 0.3) is 0 Å². The molecule has 0 aliphatic carbocycles. The summed E-state index contributed by atoms with van der Waals surface area (Å²) in [6.07, 6.45) is 5.43. The van der Waals surface area contributed by atoms with Crippen LogP contribution in [0.5, 0.6) is 0 Å². The van der Waals surface area contributed by atoms with E-state index < -0.39 is 0 Å². The molecule has 0 radical (unpaired) electrons. The van der Waals surface area contributed by atoms with Crippen LogP contribution in [0.3, 0.4) is 0 Å². The molecule has 0 unspecified atom stereocenters. The fraction of sp³-hybridized carbons (Fsp3) is 0.565. The molecule has 0 bridgehead atoms. The van der Waals surface area contributed by atoms with Crippen LogP contribution in [-0.4, -0.2) is 58.7 Å². The average Bonchev–Trinajstić information content (AvgIpc) is 3.14. The van der Waals surface area contributed by atoms with Crippen LogP contribution < -0.4 is 16.0 Å². The lowest BCUT2D eigenvalue weighted by atomic mass is 9.96. The van der Waals surface area contributed by atoms with E-state index in [1.54, 1.807) is 7.05 Å². The summed E-state index contributed by atoms with van der Waals surface area (Å²) < 4.78 is 1.87. The lowest BCUT2D eigenvalue weighted by molar-refractivity contribution is -0.122. The quantitative estimate of drug-likeness (QED) is 0.503. The normalized spacial score (nSPS) is 15.3. The standard InChI is InChI=1S/C23H36N8O/c1-16(2)20-19(15-30(5)28-20)14-29(4)23(25-3)27-13-18-7-6-10-26-22(18)31-11-8-17(9-12-31)21(24)32/h6-7,10,15-17H,8-9,11-14H2,1-5H3,(H2,24,32)(H,25,27). The van der Waals surface area contributed by atoms with Crippen molar-refractivity contribution < 1.29 is 4.79 Å². The van der Waals surface area contributed by atoms with E-state index in [0.29, 0.717) is 12.5 Å². The Morgan fingerprint density at radius 1 is 1.34 bits per heavy atom. The molecule has 0 spiro atoms. The van der Waals surface area contributed by atoms with Crippen molar-refractivity contribution in [1.29, 1.82) is 0 Å². The molecule has 2 aromatic rings. The van der Waals surface area contributed by atoms with Gasteiger partial charge in [-0.25, -0.2) is 4.98 Å². The van der Waals surface area contributed by atoms with E-state index >= 15 is 0 Å². The van der Waals surface area contributed by atoms with Crippen molar-refractivity contribution in [2.24, 2.45) is 23.7 Å².